The van der Waals surface area contributed by atoms with Crippen LogP contribution in [-0.4, -0.2) is 29.9 Å². The van der Waals surface area contributed by atoms with Crippen molar-refractivity contribution in [2.75, 3.05) is 18.1 Å². The number of pyridine rings is 1. The number of anilines is 1. The molecule has 2 aromatic rings. The number of rotatable bonds is 3. The fourth-order valence-corrected chi connectivity index (χ4v) is 2.75. The molecular weight excluding hydrogens is 290 g/mol. The van der Waals surface area contributed by atoms with E-state index in [0.29, 0.717) is 18.1 Å². The Labute approximate surface area is 135 Å². The highest BCUT2D eigenvalue weighted by Gasteiger charge is 2.23. The average molecular weight is 309 g/mol. The molecule has 5 nitrogen and oxygen atoms in total. The predicted molar refractivity (Wildman–Crippen MR) is 89.1 cm³/mol. The second kappa shape index (κ2) is 6.60. The van der Waals surface area contributed by atoms with Crippen molar-refractivity contribution in [1.82, 2.24) is 4.98 Å². The van der Waals surface area contributed by atoms with Gasteiger partial charge < -0.3 is 9.64 Å². The van der Waals surface area contributed by atoms with Crippen LogP contribution in [0.3, 0.4) is 0 Å². The molecule has 23 heavy (non-hydrogen) atoms. The van der Waals surface area contributed by atoms with E-state index in [0.717, 1.165) is 36.3 Å². The number of amidine groups is 1. The zero-order valence-electron chi connectivity index (χ0n) is 13.1. The maximum absolute atomic E-state index is 11.8. The summed E-state index contributed by atoms with van der Waals surface area (Å²) in [6.07, 6.45) is 1.71. The highest BCUT2D eigenvalue weighted by molar-refractivity contribution is 6.08. The molecule has 5 heteroatoms. The number of esters is 1. The van der Waals surface area contributed by atoms with Crippen molar-refractivity contribution in [3.63, 3.8) is 0 Å². The van der Waals surface area contributed by atoms with E-state index in [-0.39, 0.29) is 0 Å². The second-order valence-electron chi connectivity index (χ2n) is 5.35. The van der Waals surface area contributed by atoms with E-state index < -0.39 is 5.97 Å². The Hall–Kier alpha value is -2.69. The number of hydrogen-bond acceptors (Lipinski definition) is 4. The summed E-state index contributed by atoms with van der Waals surface area (Å²) in [6.45, 7) is 2.89. The monoisotopic (exact) mass is 309 g/mol. The first-order valence-corrected chi connectivity index (χ1v) is 7.79. The van der Waals surface area contributed by atoms with Crippen LogP contribution in [0.1, 0.15) is 35.1 Å². The van der Waals surface area contributed by atoms with Gasteiger partial charge in [-0.3, -0.25) is 5.41 Å². The summed E-state index contributed by atoms with van der Waals surface area (Å²) >= 11 is 0. The molecule has 118 valence electrons. The quantitative estimate of drug-likeness (QED) is 0.537. The minimum atomic E-state index is -0.398. The molecule has 1 aliphatic heterocycles. The molecule has 1 aliphatic rings. The normalized spacial score (nSPS) is 13.3. The third-order valence-electron chi connectivity index (χ3n) is 3.84. The fourth-order valence-electron chi connectivity index (χ4n) is 2.75. The lowest BCUT2D eigenvalue weighted by Gasteiger charge is -2.31. The number of aryl methyl sites for hydroxylation is 1. The molecule has 1 aromatic heterocycles. The molecule has 2 heterocycles. The van der Waals surface area contributed by atoms with Gasteiger partial charge in [-0.05, 0) is 31.9 Å². The van der Waals surface area contributed by atoms with Gasteiger partial charge in [0.2, 0.25) is 0 Å². The van der Waals surface area contributed by atoms with Crippen molar-refractivity contribution >= 4 is 17.5 Å². The lowest BCUT2D eigenvalue weighted by atomic mass is 10.0. The molecule has 0 aliphatic carbocycles. The van der Waals surface area contributed by atoms with Crippen LogP contribution in [0.4, 0.5) is 5.69 Å². The van der Waals surface area contributed by atoms with Gasteiger partial charge in [-0.15, -0.1) is 0 Å². The fraction of sp³-hybridized carbons (Fsp3) is 0.278. The van der Waals surface area contributed by atoms with E-state index >= 15 is 0 Å². The van der Waals surface area contributed by atoms with Gasteiger partial charge in [0.1, 0.15) is 11.5 Å². The summed E-state index contributed by atoms with van der Waals surface area (Å²) in [5, 5.41) is 8.47. The van der Waals surface area contributed by atoms with E-state index in [2.05, 4.69) is 4.98 Å². The maximum atomic E-state index is 11.8. The van der Waals surface area contributed by atoms with Crippen LogP contribution in [0.25, 0.3) is 0 Å². The summed E-state index contributed by atoms with van der Waals surface area (Å²) in [7, 11) is 0. The molecule has 0 bridgehead atoms. The van der Waals surface area contributed by atoms with Crippen molar-refractivity contribution in [3.05, 3.63) is 59.4 Å². The molecule has 0 spiro atoms. The number of nitrogens with zero attached hydrogens (tertiary/aromatic N) is 2. The zero-order valence-corrected chi connectivity index (χ0v) is 13.1. The van der Waals surface area contributed by atoms with Crippen LogP contribution in [0.2, 0.25) is 0 Å². The lowest BCUT2D eigenvalue weighted by molar-refractivity contribution is 0.0519. The van der Waals surface area contributed by atoms with Crippen LogP contribution in [-0.2, 0) is 11.2 Å². The molecule has 0 amide bonds. The number of fused-ring (bicyclic) bond motifs is 1. The largest absolute Gasteiger partial charge is 0.461 e. The standard InChI is InChI=1S/C18H19N3O2/c1-2-23-18(22)15-10-11-16-14(20-15)9-6-12-21(16)17(19)13-7-4-3-5-8-13/h3-5,7-8,10-11,19H,2,6,9,12H2,1H3. The number of nitrogens with one attached hydrogen (secondary N) is 1. The molecule has 0 unspecified atom stereocenters. The highest BCUT2D eigenvalue weighted by atomic mass is 16.5. The molecule has 1 aromatic carbocycles. The van der Waals surface area contributed by atoms with Gasteiger partial charge in [0.15, 0.2) is 0 Å². The zero-order chi connectivity index (χ0) is 16.2. The Kier molecular flexibility index (Phi) is 4.37. The van der Waals surface area contributed by atoms with Crippen LogP contribution >= 0.6 is 0 Å². The molecular formula is C18H19N3O2. The summed E-state index contributed by atoms with van der Waals surface area (Å²) in [4.78, 5) is 18.2. The van der Waals surface area contributed by atoms with Crippen LogP contribution in [0, 0.1) is 5.41 Å². The van der Waals surface area contributed by atoms with Crippen LogP contribution in [0.15, 0.2) is 42.5 Å². The Morgan fingerprint density at radius 2 is 2.04 bits per heavy atom. The molecule has 3 rings (SSSR count). The van der Waals surface area contributed by atoms with E-state index in [4.69, 9.17) is 10.1 Å². The molecule has 0 radical (unpaired) electrons. The van der Waals surface area contributed by atoms with Crippen molar-refractivity contribution < 1.29 is 9.53 Å². The van der Waals surface area contributed by atoms with Gasteiger partial charge in [0, 0.05) is 12.1 Å². The molecule has 0 saturated heterocycles. The van der Waals surface area contributed by atoms with Crippen LogP contribution < -0.4 is 4.90 Å². The summed E-state index contributed by atoms with van der Waals surface area (Å²) in [5.74, 6) is 0.0581. The molecule has 1 N–H and O–H groups in total. The number of benzene rings is 1. The third kappa shape index (κ3) is 3.08. The van der Waals surface area contributed by atoms with E-state index in [1.807, 2.05) is 41.3 Å². The smallest absolute Gasteiger partial charge is 0.356 e. The van der Waals surface area contributed by atoms with Gasteiger partial charge in [-0.1, -0.05) is 30.3 Å². The number of ether oxygens (including phenoxy) is 1. The van der Waals surface area contributed by atoms with E-state index in [9.17, 15) is 4.79 Å². The lowest BCUT2D eigenvalue weighted by Crippen LogP contribution is -2.36. The van der Waals surface area contributed by atoms with Crippen molar-refractivity contribution in [2.45, 2.75) is 19.8 Å². The minimum absolute atomic E-state index is 0.332. The van der Waals surface area contributed by atoms with Gasteiger partial charge in [0.25, 0.3) is 0 Å². The second-order valence-corrected chi connectivity index (χ2v) is 5.35. The Morgan fingerprint density at radius 3 is 2.78 bits per heavy atom. The Morgan fingerprint density at radius 1 is 1.26 bits per heavy atom. The molecule has 0 fully saturated rings. The maximum Gasteiger partial charge on any atom is 0.356 e. The predicted octanol–water partition coefficient (Wildman–Crippen LogP) is 3.04. The number of aromatic nitrogens is 1. The van der Waals surface area contributed by atoms with Gasteiger partial charge in [-0.25, -0.2) is 9.78 Å². The Bertz CT molecular complexity index is 728. The number of carbonyl (C=O) groups excluding carboxylic acids is 1. The first-order chi connectivity index (χ1) is 11.2. The SMILES string of the molecule is CCOC(=O)c1ccc2c(n1)CCCN2C(=N)c1ccccc1. The van der Waals surface area contributed by atoms with Gasteiger partial charge in [0.05, 0.1) is 18.0 Å². The van der Waals surface area contributed by atoms with E-state index in [1.54, 1.807) is 13.0 Å². The third-order valence-corrected chi connectivity index (χ3v) is 3.84. The van der Waals surface area contributed by atoms with Crippen molar-refractivity contribution in [2.24, 2.45) is 0 Å². The van der Waals surface area contributed by atoms with Crippen LogP contribution in [0.5, 0.6) is 0 Å². The summed E-state index contributed by atoms with van der Waals surface area (Å²) < 4.78 is 5.01. The average Bonchev–Trinajstić information content (AvgIpc) is 2.61. The first-order valence-electron chi connectivity index (χ1n) is 7.79. The summed E-state index contributed by atoms with van der Waals surface area (Å²) in [6, 6.07) is 13.2. The molecule has 0 saturated carbocycles. The van der Waals surface area contributed by atoms with Gasteiger partial charge >= 0.3 is 5.97 Å². The van der Waals surface area contributed by atoms with Crippen molar-refractivity contribution in [1.29, 1.82) is 5.41 Å². The van der Waals surface area contributed by atoms with Gasteiger partial charge in [-0.2, -0.15) is 0 Å². The topological polar surface area (TPSA) is 66.3 Å². The van der Waals surface area contributed by atoms with Crippen molar-refractivity contribution in [3.8, 4) is 0 Å². The summed E-state index contributed by atoms with van der Waals surface area (Å²) in [5.41, 5.74) is 2.95. The highest BCUT2D eigenvalue weighted by Crippen LogP contribution is 2.27. The molecule has 0 atom stereocenters. The first kappa shape index (κ1) is 15.2. The number of carbonyl (C=O) groups is 1. The Balaban J connectivity index is 1.91. The minimum Gasteiger partial charge on any atom is -0.461 e. The van der Waals surface area contributed by atoms with E-state index in [1.165, 1.54) is 0 Å². The number of hydrogen-bond donors (Lipinski definition) is 1.